The third-order valence-electron chi connectivity index (χ3n) is 2.29. The highest BCUT2D eigenvalue weighted by Gasteiger charge is 2.21. The molecular weight excluding hydrogens is 212 g/mol. The van der Waals surface area contributed by atoms with Crippen molar-refractivity contribution in [3.8, 4) is 0 Å². The van der Waals surface area contributed by atoms with Crippen LogP contribution in [0.2, 0.25) is 5.02 Å². The van der Waals surface area contributed by atoms with Crippen LogP contribution in [0.3, 0.4) is 0 Å². The van der Waals surface area contributed by atoms with E-state index in [1.807, 2.05) is 13.8 Å². The predicted molar refractivity (Wildman–Crippen MR) is 61.5 cm³/mol. The quantitative estimate of drug-likeness (QED) is 0.736. The molecule has 15 heavy (non-hydrogen) atoms. The van der Waals surface area contributed by atoms with Crippen LogP contribution in [-0.4, -0.2) is 18.5 Å². The Morgan fingerprint density at radius 1 is 1.47 bits per heavy atom. The highest BCUT2D eigenvalue weighted by atomic mass is 35.5. The fourth-order valence-corrected chi connectivity index (χ4v) is 1.41. The van der Waals surface area contributed by atoms with Gasteiger partial charge in [-0.3, -0.25) is 4.79 Å². The number of Topliss-reactive ketones (excluding diaryl/α,β-unsaturated/α-hetero) is 1. The van der Waals surface area contributed by atoms with Crippen LogP contribution in [0.1, 0.15) is 30.6 Å². The molecular formula is C12H15ClO2. The van der Waals surface area contributed by atoms with Crippen molar-refractivity contribution in [3.05, 3.63) is 34.9 Å². The lowest BCUT2D eigenvalue weighted by molar-refractivity contribution is 0.0172. The van der Waals surface area contributed by atoms with Crippen molar-refractivity contribution < 1.29 is 9.53 Å². The predicted octanol–water partition coefficient (Wildman–Crippen LogP) is 3.34. The Bertz CT molecular complexity index is 358. The number of halogens is 1. The van der Waals surface area contributed by atoms with Gasteiger partial charge in [0.05, 0.1) is 5.60 Å². The van der Waals surface area contributed by atoms with Crippen molar-refractivity contribution in [1.82, 2.24) is 0 Å². The van der Waals surface area contributed by atoms with E-state index in [1.165, 1.54) is 0 Å². The molecule has 1 rings (SSSR count). The van der Waals surface area contributed by atoms with Crippen molar-refractivity contribution in [2.75, 3.05) is 7.11 Å². The third kappa shape index (κ3) is 3.65. The second-order valence-electron chi connectivity index (χ2n) is 4.07. The Morgan fingerprint density at radius 2 is 2.13 bits per heavy atom. The van der Waals surface area contributed by atoms with E-state index in [9.17, 15) is 4.79 Å². The van der Waals surface area contributed by atoms with Gasteiger partial charge in [-0.25, -0.2) is 0 Å². The summed E-state index contributed by atoms with van der Waals surface area (Å²) >= 11 is 5.81. The van der Waals surface area contributed by atoms with Crippen LogP contribution < -0.4 is 0 Å². The fourth-order valence-electron chi connectivity index (χ4n) is 1.22. The first-order valence-electron chi connectivity index (χ1n) is 4.78. The van der Waals surface area contributed by atoms with Crippen molar-refractivity contribution in [3.63, 3.8) is 0 Å². The monoisotopic (exact) mass is 226 g/mol. The van der Waals surface area contributed by atoms with Crippen molar-refractivity contribution >= 4 is 17.4 Å². The first kappa shape index (κ1) is 12.2. The minimum Gasteiger partial charge on any atom is -0.378 e. The van der Waals surface area contributed by atoms with E-state index in [4.69, 9.17) is 16.3 Å². The highest BCUT2D eigenvalue weighted by Crippen LogP contribution is 2.18. The molecule has 0 radical (unpaired) electrons. The highest BCUT2D eigenvalue weighted by molar-refractivity contribution is 6.31. The van der Waals surface area contributed by atoms with Gasteiger partial charge in [-0.1, -0.05) is 23.7 Å². The molecule has 0 heterocycles. The van der Waals surface area contributed by atoms with E-state index in [-0.39, 0.29) is 5.78 Å². The summed E-state index contributed by atoms with van der Waals surface area (Å²) in [5, 5.41) is 0.580. The summed E-state index contributed by atoms with van der Waals surface area (Å²) in [6.07, 6.45) is 0.351. The number of ketones is 1. The normalized spacial score (nSPS) is 11.5. The van der Waals surface area contributed by atoms with Crippen molar-refractivity contribution in [1.29, 1.82) is 0 Å². The molecule has 0 atom stereocenters. The molecule has 2 nitrogen and oxygen atoms in total. The van der Waals surface area contributed by atoms with Gasteiger partial charge in [0.2, 0.25) is 0 Å². The van der Waals surface area contributed by atoms with Crippen molar-refractivity contribution in [2.45, 2.75) is 25.9 Å². The summed E-state index contributed by atoms with van der Waals surface area (Å²) in [5.41, 5.74) is 0.201. The molecule has 0 aliphatic heterocycles. The van der Waals surface area contributed by atoms with Crippen LogP contribution in [0.5, 0.6) is 0 Å². The van der Waals surface area contributed by atoms with Crippen LogP contribution in [-0.2, 0) is 4.74 Å². The molecule has 0 N–H and O–H groups in total. The number of hydrogen-bond acceptors (Lipinski definition) is 2. The van der Waals surface area contributed by atoms with E-state index < -0.39 is 5.60 Å². The molecule has 0 saturated carbocycles. The van der Waals surface area contributed by atoms with Crippen LogP contribution in [0.15, 0.2) is 24.3 Å². The minimum absolute atomic E-state index is 0.0457. The zero-order chi connectivity index (χ0) is 11.5. The second kappa shape index (κ2) is 4.77. The summed E-state index contributed by atoms with van der Waals surface area (Å²) < 4.78 is 5.21. The first-order chi connectivity index (χ1) is 6.94. The van der Waals surface area contributed by atoms with Crippen molar-refractivity contribution in [2.24, 2.45) is 0 Å². The molecule has 3 heteroatoms. The van der Waals surface area contributed by atoms with Gasteiger partial charge in [0, 0.05) is 24.1 Å². The zero-order valence-corrected chi connectivity index (χ0v) is 9.97. The van der Waals surface area contributed by atoms with E-state index >= 15 is 0 Å². The van der Waals surface area contributed by atoms with Gasteiger partial charge < -0.3 is 4.74 Å². The van der Waals surface area contributed by atoms with Crippen LogP contribution in [0.4, 0.5) is 0 Å². The molecule has 0 aliphatic rings. The molecule has 0 fully saturated rings. The Balaban J connectivity index is 2.78. The SMILES string of the molecule is COC(C)(C)CC(=O)c1cccc(Cl)c1. The van der Waals surface area contributed by atoms with Gasteiger partial charge in [-0.15, -0.1) is 0 Å². The van der Waals surface area contributed by atoms with E-state index in [0.717, 1.165) is 0 Å². The molecule has 82 valence electrons. The number of ether oxygens (including phenoxy) is 1. The van der Waals surface area contributed by atoms with Gasteiger partial charge in [-0.2, -0.15) is 0 Å². The number of methoxy groups -OCH3 is 1. The lowest BCUT2D eigenvalue weighted by Crippen LogP contribution is -2.26. The van der Waals surface area contributed by atoms with Gasteiger partial charge in [0.25, 0.3) is 0 Å². The van der Waals surface area contributed by atoms with Gasteiger partial charge in [-0.05, 0) is 26.0 Å². The maximum Gasteiger partial charge on any atom is 0.165 e. The van der Waals surface area contributed by atoms with E-state index in [2.05, 4.69) is 0 Å². The summed E-state index contributed by atoms with van der Waals surface area (Å²) in [4.78, 5) is 11.8. The third-order valence-corrected chi connectivity index (χ3v) is 2.52. The number of carbonyl (C=O) groups is 1. The molecule has 0 bridgehead atoms. The second-order valence-corrected chi connectivity index (χ2v) is 4.51. The Hall–Kier alpha value is -0.860. The summed E-state index contributed by atoms with van der Waals surface area (Å²) in [7, 11) is 1.60. The maximum absolute atomic E-state index is 11.8. The molecule has 1 aromatic carbocycles. The number of benzene rings is 1. The standard InChI is InChI=1S/C12H15ClO2/c1-12(2,15-3)8-11(14)9-5-4-6-10(13)7-9/h4-7H,8H2,1-3H3. The smallest absolute Gasteiger partial charge is 0.165 e. The topological polar surface area (TPSA) is 26.3 Å². The minimum atomic E-state index is -0.431. The van der Waals surface area contributed by atoms with Gasteiger partial charge in [0.15, 0.2) is 5.78 Å². The summed E-state index contributed by atoms with van der Waals surface area (Å²) in [5.74, 6) is 0.0457. The average molecular weight is 227 g/mol. The lowest BCUT2D eigenvalue weighted by atomic mass is 9.97. The van der Waals surface area contributed by atoms with Gasteiger partial charge in [0.1, 0.15) is 0 Å². The van der Waals surface area contributed by atoms with E-state index in [1.54, 1.807) is 31.4 Å². The molecule has 0 spiro atoms. The number of carbonyl (C=O) groups excluding carboxylic acids is 1. The molecule has 0 aromatic heterocycles. The van der Waals surface area contributed by atoms with Gasteiger partial charge >= 0.3 is 0 Å². The zero-order valence-electron chi connectivity index (χ0n) is 9.21. The summed E-state index contributed by atoms with van der Waals surface area (Å²) in [6, 6.07) is 6.96. The van der Waals surface area contributed by atoms with Crippen LogP contribution in [0.25, 0.3) is 0 Å². The molecule has 0 saturated heterocycles. The molecule has 1 aromatic rings. The Morgan fingerprint density at radius 3 is 2.67 bits per heavy atom. The van der Waals surface area contributed by atoms with Crippen LogP contribution in [0, 0.1) is 0 Å². The molecule has 0 aliphatic carbocycles. The molecule has 0 amide bonds. The Labute approximate surface area is 95.2 Å². The molecule has 0 unspecified atom stereocenters. The fraction of sp³-hybridized carbons (Fsp3) is 0.417. The Kier molecular flexibility index (Phi) is 3.89. The number of rotatable bonds is 4. The summed E-state index contributed by atoms with van der Waals surface area (Å²) in [6.45, 7) is 3.77. The van der Waals surface area contributed by atoms with E-state index in [0.29, 0.717) is 17.0 Å². The van der Waals surface area contributed by atoms with Crippen LogP contribution >= 0.6 is 11.6 Å². The average Bonchev–Trinajstić information content (AvgIpc) is 2.17. The number of hydrogen-bond donors (Lipinski definition) is 0. The lowest BCUT2D eigenvalue weighted by Gasteiger charge is -2.21. The maximum atomic E-state index is 11.8. The largest absolute Gasteiger partial charge is 0.378 e. The first-order valence-corrected chi connectivity index (χ1v) is 5.16.